The van der Waals surface area contributed by atoms with Crippen molar-refractivity contribution in [1.82, 2.24) is 4.98 Å². The SMILES string of the molecule is COc1cc2cnc3ccc4c(c3c2cc1OC)C=CC(C)(C)O4. The Morgan fingerprint density at radius 2 is 1.79 bits per heavy atom. The molecule has 3 aromatic rings. The van der Waals surface area contributed by atoms with E-state index in [4.69, 9.17) is 14.2 Å². The number of hydrogen-bond acceptors (Lipinski definition) is 4. The molecule has 1 aliphatic heterocycles. The van der Waals surface area contributed by atoms with Gasteiger partial charge in [0.05, 0.1) is 19.7 Å². The molecule has 0 amide bonds. The first-order valence-electron chi connectivity index (χ1n) is 7.88. The fourth-order valence-corrected chi connectivity index (χ4v) is 3.19. The molecule has 0 spiro atoms. The minimum absolute atomic E-state index is 0.306. The zero-order valence-corrected chi connectivity index (χ0v) is 14.2. The predicted octanol–water partition coefficient (Wildman–Crippen LogP) is 4.59. The van der Waals surface area contributed by atoms with E-state index in [2.05, 4.69) is 17.1 Å². The summed E-state index contributed by atoms with van der Waals surface area (Å²) in [4.78, 5) is 4.60. The highest BCUT2D eigenvalue weighted by atomic mass is 16.5. The molecule has 0 fully saturated rings. The molecule has 1 aliphatic rings. The number of hydrogen-bond donors (Lipinski definition) is 0. The lowest BCUT2D eigenvalue weighted by atomic mass is 9.96. The standard InChI is InChI=1S/C20H19NO3/c1-20(2)8-7-13-16(24-20)6-5-15-19(13)14-10-18(23-4)17(22-3)9-12(14)11-21-15/h5-11H,1-4H3. The molecule has 4 rings (SSSR count). The van der Waals surface area contributed by atoms with Gasteiger partial charge in [-0.1, -0.05) is 6.08 Å². The quantitative estimate of drug-likeness (QED) is 0.647. The van der Waals surface area contributed by atoms with Crippen molar-refractivity contribution in [2.24, 2.45) is 0 Å². The maximum Gasteiger partial charge on any atom is 0.161 e. The topological polar surface area (TPSA) is 40.6 Å². The molecule has 0 unspecified atom stereocenters. The van der Waals surface area contributed by atoms with Crippen LogP contribution in [0, 0.1) is 0 Å². The average molecular weight is 321 g/mol. The van der Waals surface area contributed by atoms with E-state index in [1.165, 1.54) is 0 Å². The molecule has 1 aromatic heterocycles. The maximum absolute atomic E-state index is 6.11. The smallest absolute Gasteiger partial charge is 0.161 e. The van der Waals surface area contributed by atoms with Crippen LogP contribution < -0.4 is 14.2 Å². The first kappa shape index (κ1) is 14.8. The number of aromatic nitrogens is 1. The summed E-state index contributed by atoms with van der Waals surface area (Å²) in [5.41, 5.74) is 1.68. The number of rotatable bonds is 2. The van der Waals surface area contributed by atoms with Crippen LogP contribution in [-0.4, -0.2) is 24.8 Å². The minimum atomic E-state index is -0.306. The van der Waals surface area contributed by atoms with Crippen LogP contribution in [0.4, 0.5) is 0 Å². The number of benzene rings is 2. The molecular weight excluding hydrogens is 302 g/mol. The highest BCUT2D eigenvalue weighted by Crippen LogP contribution is 2.41. The Hall–Kier alpha value is -2.75. The van der Waals surface area contributed by atoms with Crippen LogP contribution >= 0.6 is 0 Å². The lowest BCUT2D eigenvalue weighted by molar-refractivity contribution is 0.159. The Bertz CT molecular complexity index is 989. The monoisotopic (exact) mass is 321 g/mol. The van der Waals surface area contributed by atoms with Crippen molar-refractivity contribution in [2.45, 2.75) is 19.4 Å². The molecule has 0 saturated carbocycles. The Kier molecular flexibility index (Phi) is 3.17. The van der Waals surface area contributed by atoms with Gasteiger partial charge >= 0.3 is 0 Å². The number of nitrogens with zero attached hydrogens (tertiary/aromatic N) is 1. The number of pyridine rings is 1. The molecule has 2 heterocycles. The second kappa shape index (κ2) is 5.13. The van der Waals surface area contributed by atoms with Crippen LogP contribution in [-0.2, 0) is 0 Å². The van der Waals surface area contributed by atoms with Crippen LogP contribution in [0.15, 0.2) is 36.5 Å². The lowest BCUT2D eigenvalue weighted by Crippen LogP contribution is -2.27. The van der Waals surface area contributed by atoms with Gasteiger partial charge in [-0.2, -0.15) is 0 Å². The van der Waals surface area contributed by atoms with Crippen LogP contribution in [0.1, 0.15) is 19.4 Å². The predicted molar refractivity (Wildman–Crippen MR) is 96.1 cm³/mol. The highest BCUT2D eigenvalue weighted by molar-refractivity contribution is 6.11. The van der Waals surface area contributed by atoms with E-state index in [0.29, 0.717) is 11.5 Å². The summed E-state index contributed by atoms with van der Waals surface area (Å²) >= 11 is 0. The van der Waals surface area contributed by atoms with Crippen molar-refractivity contribution in [2.75, 3.05) is 14.2 Å². The molecule has 122 valence electrons. The summed E-state index contributed by atoms with van der Waals surface area (Å²) in [6.07, 6.45) is 6.07. The van der Waals surface area contributed by atoms with Gasteiger partial charge in [-0.25, -0.2) is 0 Å². The molecular formula is C20H19NO3. The maximum atomic E-state index is 6.11. The van der Waals surface area contributed by atoms with Crippen molar-refractivity contribution in [3.8, 4) is 17.2 Å². The average Bonchev–Trinajstić information content (AvgIpc) is 2.58. The third-order valence-corrected chi connectivity index (χ3v) is 4.38. The lowest BCUT2D eigenvalue weighted by Gasteiger charge is -2.28. The summed E-state index contributed by atoms with van der Waals surface area (Å²) in [5.74, 6) is 2.28. The zero-order valence-electron chi connectivity index (χ0n) is 14.2. The van der Waals surface area contributed by atoms with Gasteiger partial charge < -0.3 is 14.2 Å². The van der Waals surface area contributed by atoms with Gasteiger partial charge in [-0.3, -0.25) is 4.98 Å². The Labute approximate surface area is 140 Å². The summed E-state index contributed by atoms with van der Waals surface area (Å²) < 4.78 is 17.0. The third kappa shape index (κ3) is 2.18. The van der Waals surface area contributed by atoms with Crippen LogP contribution in [0.2, 0.25) is 0 Å². The van der Waals surface area contributed by atoms with E-state index in [1.807, 2.05) is 44.3 Å². The molecule has 0 atom stereocenters. The van der Waals surface area contributed by atoms with Crippen molar-refractivity contribution >= 4 is 27.8 Å². The summed E-state index contributed by atoms with van der Waals surface area (Å²) in [5, 5.41) is 3.15. The summed E-state index contributed by atoms with van der Waals surface area (Å²) in [6, 6.07) is 7.95. The van der Waals surface area contributed by atoms with Crippen LogP contribution in [0.25, 0.3) is 27.8 Å². The molecule has 0 bridgehead atoms. The van der Waals surface area contributed by atoms with E-state index in [-0.39, 0.29) is 5.60 Å². The fraction of sp³-hybridized carbons (Fsp3) is 0.250. The number of methoxy groups -OCH3 is 2. The first-order chi connectivity index (χ1) is 11.5. The fourth-order valence-electron chi connectivity index (χ4n) is 3.19. The van der Waals surface area contributed by atoms with Gasteiger partial charge in [-0.15, -0.1) is 0 Å². The minimum Gasteiger partial charge on any atom is -0.493 e. The van der Waals surface area contributed by atoms with Crippen molar-refractivity contribution in [3.63, 3.8) is 0 Å². The number of ether oxygens (including phenoxy) is 3. The van der Waals surface area contributed by atoms with Gasteiger partial charge in [-0.05, 0) is 49.6 Å². The first-order valence-corrected chi connectivity index (χ1v) is 7.88. The zero-order chi connectivity index (χ0) is 16.9. The second-order valence-electron chi connectivity index (χ2n) is 6.46. The largest absolute Gasteiger partial charge is 0.493 e. The van der Waals surface area contributed by atoms with E-state index < -0.39 is 0 Å². The van der Waals surface area contributed by atoms with Crippen molar-refractivity contribution in [3.05, 3.63) is 42.1 Å². The molecule has 0 radical (unpaired) electrons. The highest BCUT2D eigenvalue weighted by Gasteiger charge is 2.24. The molecule has 24 heavy (non-hydrogen) atoms. The van der Waals surface area contributed by atoms with Crippen LogP contribution in [0.3, 0.4) is 0 Å². The van der Waals surface area contributed by atoms with Gasteiger partial charge in [0.25, 0.3) is 0 Å². The van der Waals surface area contributed by atoms with Gasteiger partial charge in [0.15, 0.2) is 11.5 Å². The summed E-state index contributed by atoms with van der Waals surface area (Å²) in [7, 11) is 3.28. The molecule has 4 heteroatoms. The Morgan fingerprint density at radius 1 is 1.04 bits per heavy atom. The van der Waals surface area contributed by atoms with Crippen molar-refractivity contribution < 1.29 is 14.2 Å². The molecule has 0 N–H and O–H groups in total. The summed E-state index contributed by atoms with van der Waals surface area (Å²) in [6.45, 7) is 4.09. The Balaban J connectivity index is 2.10. The van der Waals surface area contributed by atoms with E-state index >= 15 is 0 Å². The number of fused-ring (bicyclic) bond motifs is 5. The molecule has 4 nitrogen and oxygen atoms in total. The third-order valence-electron chi connectivity index (χ3n) is 4.38. The Morgan fingerprint density at radius 3 is 2.54 bits per heavy atom. The van der Waals surface area contributed by atoms with Crippen molar-refractivity contribution in [1.29, 1.82) is 0 Å². The second-order valence-corrected chi connectivity index (χ2v) is 6.46. The molecule has 0 saturated heterocycles. The van der Waals surface area contributed by atoms with E-state index in [1.54, 1.807) is 14.2 Å². The van der Waals surface area contributed by atoms with E-state index in [0.717, 1.165) is 33.0 Å². The van der Waals surface area contributed by atoms with E-state index in [9.17, 15) is 0 Å². The van der Waals surface area contributed by atoms with Crippen LogP contribution in [0.5, 0.6) is 17.2 Å². The van der Waals surface area contributed by atoms with Gasteiger partial charge in [0.1, 0.15) is 11.4 Å². The van der Waals surface area contributed by atoms with Gasteiger partial charge in [0.2, 0.25) is 0 Å². The molecule has 2 aromatic carbocycles. The molecule has 0 aliphatic carbocycles. The normalized spacial score (nSPS) is 15.2. The van der Waals surface area contributed by atoms with Gasteiger partial charge in [0, 0.05) is 22.5 Å².